The Balaban J connectivity index is 1.63. The maximum Gasteiger partial charge on any atom is 0.230 e. The monoisotopic (exact) mass is 261 g/mol. The van der Waals surface area contributed by atoms with E-state index in [1.165, 1.54) is 4.88 Å². The predicted octanol–water partition coefficient (Wildman–Crippen LogP) is 2.91. The van der Waals surface area contributed by atoms with Gasteiger partial charge in [-0.25, -0.2) is 0 Å². The van der Waals surface area contributed by atoms with Gasteiger partial charge in [-0.2, -0.15) is 0 Å². The van der Waals surface area contributed by atoms with Crippen LogP contribution in [0.4, 0.5) is 0 Å². The third-order valence-electron chi connectivity index (χ3n) is 2.05. The van der Waals surface area contributed by atoms with Gasteiger partial charge in [0.15, 0.2) is 0 Å². The molecule has 0 saturated heterocycles. The van der Waals surface area contributed by atoms with Crippen LogP contribution >= 0.6 is 34.7 Å². The van der Waals surface area contributed by atoms with Crippen molar-refractivity contribution in [3.8, 4) is 0 Å². The van der Waals surface area contributed by atoms with Crippen molar-refractivity contribution in [2.24, 2.45) is 0 Å². The first-order valence-corrected chi connectivity index (χ1v) is 7.20. The van der Waals surface area contributed by atoms with E-state index < -0.39 is 0 Å². The Bertz CT molecular complexity index is 349. The number of hydrogen-bond donors (Lipinski definition) is 1. The number of rotatable bonds is 5. The van der Waals surface area contributed by atoms with E-state index in [1.807, 2.05) is 12.1 Å². The maximum absolute atomic E-state index is 11.3. The first kappa shape index (κ1) is 11.3. The van der Waals surface area contributed by atoms with Crippen molar-refractivity contribution in [3.05, 3.63) is 21.3 Å². The zero-order valence-electron chi connectivity index (χ0n) is 8.16. The summed E-state index contributed by atoms with van der Waals surface area (Å²) in [5.74, 6) is 1.58. The third kappa shape index (κ3) is 4.05. The molecule has 0 unspecified atom stereocenters. The van der Waals surface area contributed by atoms with Gasteiger partial charge in [0, 0.05) is 16.7 Å². The van der Waals surface area contributed by atoms with Gasteiger partial charge < -0.3 is 5.32 Å². The molecule has 2 nitrogen and oxygen atoms in total. The summed E-state index contributed by atoms with van der Waals surface area (Å²) in [6.45, 7) is 0. The van der Waals surface area contributed by atoms with Gasteiger partial charge in [-0.3, -0.25) is 4.79 Å². The Morgan fingerprint density at radius 1 is 1.60 bits per heavy atom. The van der Waals surface area contributed by atoms with Crippen LogP contribution in [-0.2, 0) is 10.5 Å². The summed E-state index contributed by atoms with van der Waals surface area (Å²) >= 11 is 9.02. The summed E-state index contributed by atoms with van der Waals surface area (Å²) in [6, 6.07) is 4.37. The molecule has 1 aliphatic carbocycles. The fourth-order valence-corrected chi connectivity index (χ4v) is 3.21. The van der Waals surface area contributed by atoms with E-state index in [0.29, 0.717) is 11.8 Å². The zero-order valence-corrected chi connectivity index (χ0v) is 10.6. The van der Waals surface area contributed by atoms with Crippen molar-refractivity contribution in [2.45, 2.75) is 24.6 Å². The minimum atomic E-state index is 0.158. The van der Waals surface area contributed by atoms with E-state index in [1.54, 1.807) is 23.1 Å². The number of thioether (sulfide) groups is 1. The molecule has 1 aliphatic rings. The molecular formula is C10H12ClNOS2. The molecule has 1 aromatic heterocycles. The van der Waals surface area contributed by atoms with Crippen LogP contribution in [-0.4, -0.2) is 17.7 Å². The molecule has 1 heterocycles. The van der Waals surface area contributed by atoms with E-state index in [0.717, 1.165) is 22.9 Å². The molecule has 0 aromatic carbocycles. The molecule has 1 amide bonds. The fourth-order valence-electron chi connectivity index (χ4n) is 1.17. The van der Waals surface area contributed by atoms with Gasteiger partial charge >= 0.3 is 0 Å². The molecule has 1 N–H and O–H groups in total. The Hall–Kier alpha value is -0.190. The van der Waals surface area contributed by atoms with Crippen molar-refractivity contribution in [3.63, 3.8) is 0 Å². The van der Waals surface area contributed by atoms with Crippen LogP contribution in [0.5, 0.6) is 0 Å². The van der Waals surface area contributed by atoms with Crippen molar-refractivity contribution >= 4 is 40.6 Å². The van der Waals surface area contributed by atoms with E-state index in [2.05, 4.69) is 5.32 Å². The second-order valence-corrected chi connectivity index (χ2v) is 6.33. The lowest BCUT2D eigenvalue weighted by Crippen LogP contribution is -2.27. The first-order chi connectivity index (χ1) is 7.24. The minimum Gasteiger partial charge on any atom is -0.353 e. The van der Waals surface area contributed by atoms with Crippen LogP contribution in [0.1, 0.15) is 17.7 Å². The van der Waals surface area contributed by atoms with Gasteiger partial charge in [0.25, 0.3) is 0 Å². The quantitative estimate of drug-likeness (QED) is 0.883. The van der Waals surface area contributed by atoms with Crippen molar-refractivity contribution in [1.29, 1.82) is 0 Å². The highest BCUT2D eigenvalue weighted by atomic mass is 35.5. The summed E-state index contributed by atoms with van der Waals surface area (Å²) in [5.41, 5.74) is 0. The normalized spacial score (nSPS) is 15.3. The van der Waals surface area contributed by atoms with Gasteiger partial charge in [0.05, 0.1) is 10.1 Å². The van der Waals surface area contributed by atoms with Crippen molar-refractivity contribution in [2.75, 3.05) is 5.75 Å². The Labute approximate surface area is 102 Å². The van der Waals surface area contributed by atoms with Gasteiger partial charge in [0.2, 0.25) is 5.91 Å². The number of nitrogens with one attached hydrogen (secondary N) is 1. The van der Waals surface area contributed by atoms with Gasteiger partial charge in [-0.15, -0.1) is 23.1 Å². The number of carbonyl (C=O) groups excluding carboxylic acids is 1. The molecule has 0 radical (unpaired) electrons. The number of hydrogen-bond acceptors (Lipinski definition) is 3. The average Bonchev–Trinajstić information content (AvgIpc) is 2.89. The summed E-state index contributed by atoms with van der Waals surface area (Å²) < 4.78 is 0.813. The standard InChI is InChI=1S/C10H12ClNOS2/c11-9-4-3-8(15-9)5-14-6-10(13)12-7-1-2-7/h3-4,7H,1-2,5-6H2,(H,12,13). The van der Waals surface area contributed by atoms with Crippen LogP contribution in [0, 0.1) is 0 Å². The molecule has 1 saturated carbocycles. The van der Waals surface area contributed by atoms with Crippen molar-refractivity contribution < 1.29 is 4.79 Å². The van der Waals surface area contributed by atoms with Gasteiger partial charge in [-0.1, -0.05) is 11.6 Å². The Morgan fingerprint density at radius 3 is 3.00 bits per heavy atom. The van der Waals surface area contributed by atoms with E-state index in [-0.39, 0.29) is 5.91 Å². The largest absolute Gasteiger partial charge is 0.353 e. The minimum absolute atomic E-state index is 0.158. The van der Waals surface area contributed by atoms with E-state index >= 15 is 0 Å². The van der Waals surface area contributed by atoms with E-state index in [9.17, 15) is 4.79 Å². The molecule has 1 aromatic rings. The number of halogens is 1. The molecule has 2 rings (SSSR count). The van der Waals surface area contributed by atoms with E-state index in [4.69, 9.17) is 11.6 Å². The smallest absolute Gasteiger partial charge is 0.230 e. The highest BCUT2D eigenvalue weighted by Gasteiger charge is 2.22. The van der Waals surface area contributed by atoms with Crippen LogP contribution in [0.2, 0.25) is 4.34 Å². The lowest BCUT2D eigenvalue weighted by Gasteiger charge is -2.01. The molecule has 82 valence electrons. The molecule has 0 spiro atoms. The van der Waals surface area contributed by atoms with Crippen LogP contribution in [0.15, 0.2) is 12.1 Å². The number of thiophene rings is 1. The summed E-state index contributed by atoms with van der Waals surface area (Å²) in [4.78, 5) is 12.6. The van der Waals surface area contributed by atoms with Crippen LogP contribution in [0.25, 0.3) is 0 Å². The molecule has 1 fully saturated rings. The maximum atomic E-state index is 11.3. The second kappa shape index (κ2) is 5.23. The summed E-state index contributed by atoms with van der Waals surface area (Å²) in [6.07, 6.45) is 2.30. The number of carbonyl (C=O) groups is 1. The molecular weight excluding hydrogens is 250 g/mol. The SMILES string of the molecule is O=C(CSCc1ccc(Cl)s1)NC1CC1. The molecule has 5 heteroatoms. The second-order valence-electron chi connectivity index (χ2n) is 3.54. The predicted molar refractivity (Wildman–Crippen MR) is 66.7 cm³/mol. The lowest BCUT2D eigenvalue weighted by atomic mass is 10.5. The molecule has 0 bridgehead atoms. The molecule has 15 heavy (non-hydrogen) atoms. The zero-order chi connectivity index (χ0) is 10.7. The summed E-state index contributed by atoms with van der Waals surface area (Å²) in [5, 5.41) is 2.96. The number of amides is 1. The highest BCUT2D eigenvalue weighted by Crippen LogP contribution is 2.25. The van der Waals surface area contributed by atoms with Crippen LogP contribution in [0.3, 0.4) is 0 Å². The lowest BCUT2D eigenvalue weighted by molar-refractivity contribution is -0.118. The topological polar surface area (TPSA) is 29.1 Å². The van der Waals surface area contributed by atoms with Crippen molar-refractivity contribution in [1.82, 2.24) is 5.32 Å². The Morgan fingerprint density at radius 2 is 2.40 bits per heavy atom. The van der Waals surface area contributed by atoms with Crippen LogP contribution < -0.4 is 5.32 Å². The van der Waals surface area contributed by atoms with Gasteiger partial charge in [0.1, 0.15) is 0 Å². The average molecular weight is 262 g/mol. The highest BCUT2D eigenvalue weighted by molar-refractivity contribution is 7.99. The summed E-state index contributed by atoms with van der Waals surface area (Å²) in [7, 11) is 0. The Kier molecular flexibility index (Phi) is 3.94. The first-order valence-electron chi connectivity index (χ1n) is 4.85. The third-order valence-corrected chi connectivity index (χ3v) is 4.44. The van der Waals surface area contributed by atoms with Gasteiger partial charge in [-0.05, 0) is 25.0 Å². The fraction of sp³-hybridized carbons (Fsp3) is 0.500. The molecule has 0 atom stereocenters. The molecule has 0 aliphatic heterocycles.